The number of nitrogens with zero attached hydrogens (tertiary/aromatic N) is 2. The summed E-state index contributed by atoms with van der Waals surface area (Å²) in [5.74, 6) is -0.843. The number of rotatable bonds is 5. The fraction of sp³-hybridized carbons (Fsp3) is 0.636. The van der Waals surface area contributed by atoms with E-state index in [2.05, 4.69) is 10.4 Å². The minimum absolute atomic E-state index is 0.0106. The third-order valence-electron chi connectivity index (χ3n) is 2.73. The molecule has 90 valence electrons. The van der Waals surface area contributed by atoms with E-state index in [1.54, 1.807) is 0 Å². The number of aromatic nitrogens is 2. The van der Waals surface area contributed by atoms with Crippen LogP contribution in [0.1, 0.15) is 36.8 Å². The second-order valence-electron chi connectivity index (χ2n) is 3.90. The van der Waals surface area contributed by atoms with Gasteiger partial charge in [-0.3, -0.25) is 9.48 Å². The summed E-state index contributed by atoms with van der Waals surface area (Å²) in [6.45, 7) is 8.76. The minimum atomic E-state index is -0.843. The van der Waals surface area contributed by atoms with Gasteiger partial charge in [0.2, 0.25) is 0 Å². The summed E-state index contributed by atoms with van der Waals surface area (Å²) in [5.41, 5.74) is 3.17. The van der Waals surface area contributed by atoms with Crippen molar-refractivity contribution in [2.45, 2.75) is 40.3 Å². The van der Waals surface area contributed by atoms with Crippen molar-refractivity contribution in [1.29, 1.82) is 0 Å². The van der Waals surface area contributed by atoms with E-state index in [1.807, 2.05) is 32.4 Å². The van der Waals surface area contributed by atoms with Gasteiger partial charge in [0, 0.05) is 23.8 Å². The van der Waals surface area contributed by atoms with Gasteiger partial charge in [-0.15, -0.1) is 0 Å². The number of nitrogens with one attached hydrogen (secondary N) is 1. The number of carbonyl (C=O) groups is 1. The summed E-state index contributed by atoms with van der Waals surface area (Å²) in [4.78, 5) is 10.5. The van der Waals surface area contributed by atoms with Gasteiger partial charge in [-0.05, 0) is 27.7 Å². The lowest BCUT2D eigenvalue weighted by molar-refractivity contribution is -0.136. The summed E-state index contributed by atoms with van der Waals surface area (Å²) in [7, 11) is 0. The highest BCUT2D eigenvalue weighted by Crippen LogP contribution is 2.20. The maximum absolute atomic E-state index is 10.5. The number of aliphatic carboxylic acids is 1. The molecule has 0 radical (unpaired) electrons. The Labute approximate surface area is 95.5 Å². The van der Waals surface area contributed by atoms with Crippen LogP contribution in [-0.2, 0) is 11.3 Å². The third kappa shape index (κ3) is 2.61. The summed E-state index contributed by atoms with van der Waals surface area (Å²) in [5, 5.41) is 16.0. The quantitative estimate of drug-likeness (QED) is 0.791. The Bertz CT molecular complexity index is 385. The van der Waals surface area contributed by atoms with E-state index < -0.39 is 5.97 Å². The van der Waals surface area contributed by atoms with Gasteiger partial charge in [-0.2, -0.15) is 5.10 Å². The van der Waals surface area contributed by atoms with Crippen LogP contribution in [0.5, 0.6) is 0 Å². The first kappa shape index (κ1) is 12.7. The van der Waals surface area contributed by atoms with Gasteiger partial charge in [0.25, 0.3) is 0 Å². The van der Waals surface area contributed by atoms with Gasteiger partial charge >= 0.3 is 5.97 Å². The van der Waals surface area contributed by atoms with Crippen LogP contribution in [0.15, 0.2) is 0 Å². The van der Waals surface area contributed by atoms with Gasteiger partial charge in [-0.1, -0.05) is 0 Å². The molecule has 2 N–H and O–H groups in total. The topological polar surface area (TPSA) is 67.2 Å². The smallest absolute Gasteiger partial charge is 0.317 e. The molecule has 5 nitrogen and oxygen atoms in total. The number of carboxylic acids is 1. The molecule has 0 amide bonds. The highest BCUT2D eigenvalue weighted by Gasteiger charge is 2.16. The average molecular weight is 225 g/mol. The van der Waals surface area contributed by atoms with Crippen molar-refractivity contribution >= 4 is 5.97 Å². The first-order valence-electron chi connectivity index (χ1n) is 5.46. The third-order valence-corrected chi connectivity index (χ3v) is 2.73. The van der Waals surface area contributed by atoms with Crippen molar-refractivity contribution in [2.24, 2.45) is 0 Å². The first-order valence-corrected chi connectivity index (χ1v) is 5.46. The van der Waals surface area contributed by atoms with E-state index in [-0.39, 0.29) is 12.6 Å². The number of hydrogen-bond acceptors (Lipinski definition) is 3. The van der Waals surface area contributed by atoms with E-state index in [1.165, 1.54) is 0 Å². The van der Waals surface area contributed by atoms with Crippen molar-refractivity contribution < 1.29 is 9.90 Å². The predicted octanol–water partition coefficient (Wildman–Crippen LogP) is 1.26. The standard InChI is InChI=1S/C11H19N3O2/c1-5-14-9(4)11(8(3)13-14)7(2)12-6-10(15)16/h7,12H,5-6H2,1-4H3,(H,15,16). The fourth-order valence-electron chi connectivity index (χ4n) is 1.99. The Balaban J connectivity index is 2.86. The molecule has 0 aliphatic heterocycles. The fourth-order valence-corrected chi connectivity index (χ4v) is 1.99. The average Bonchev–Trinajstić information content (AvgIpc) is 2.50. The maximum Gasteiger partial charge on any atom is 0.317 e. The number of hydrogen-bond donors (Lipinski definition) is 2. The molecule has 0 bridgehead atoms. The Morgan fingerprint density at radius 3 is 2.62 bits per heavy atom. The van der Waals surface area contributed by atoms with E-state index in [0.29, 0.717) is 0 Å². The van der Waals surface area contributed by atoms with Crippen LogP contribution in [0, 0.1) is 13.8 Å². The predicted molar refractivity (Wildman–Crippen MR) is 61.4 cm³/mol. The van der Waals surface area contributed by atoms with Crippen molar-refractivity contribution in [3.05, 3.63) is 17.0 Å². The second-order valence-corrected chi connectivity index (χ2v) is 3.90. The van der Waals surface area contributed by atoms with Gasteiger partial charge in [0.05, 0.1) is 12.2 Å². The summed E-state index contributed by atoms with van der Waals surface area (Å²) in [6.07, 6.45) is 0. The SMILES string of the molecule is CCn1nc(C)c(C(C)NCC(=O)O)c1C. The van der Waals surface area contributed by atoms with Crippen molar-refractivity contribution in [3.8, 4) is 0 Å². The molecule has 1 unspecified atom stereocenters. The Morgan fingerprint density at radius 1 is 1.56 bits per heavy atom. The molecule has 0 saturated heterocycles. The van der Waals surface area contributed by atoms with Crippen LogP contribution < -0.4 is 5.32 Å². The molecule has 0 aliphatic carbocycles. The van der Waals surface area contributed by atoms with Crippen molar-refractivity contribution in [1.82, 2.24) is 15.1 Å². The molecule has 0 aliphatic rings. The van der Waals surface area contributed by atoms with E-state index >= 15 is 0 Å². The summed E-state index contributed by atoms with van der Waals surface area (Å²) < 4.78 is 1.93. The second kappa shape index (κ2) is 5.12. The van der Waals surface area contributed by atoms with Gasteiger partial charge in [0.1, 0.15) is 0 Å². The Hall–Kier alpha value is -1.36. The maximum atomic E-state index is 10.5. The lowest BCUT2D eigenvalue weighted by Gasteiger charge is -2.13. The first-order chi connectivity index (χ1) is 7.47. The zero-order chi connectivity index (χ0) is 12.3. The molecule has 0 aromatic carbocycles. The molecule has 1 atom stereocenters. The molecule has 0 spiro atoms. The Kier molecular flexibility index (Phi) is 4.06. The van der Waals surface area contributed by atoms with Crippen LogP contribution in [-0.4, -0.2) is 27.4 Å². The van der Waals surface area contributed by atoms with Gasteiger partial charge in [-0.25, -0.2) is 0 Å². The lowest BCUT2D eigenvalue weighted by atomic mass is 10.1. The van der Waals surface area contributed by atoms with E-state index in [0.717, 1.165) is 23.5 Å². The molecular formula is C11H19N3O2. The molecule has 1 heterocycles. The molecule has 16 heavy (non-hydrogen) atoms. The highest BCUT2D eigenvalue weighted by atomic mass is 16.4. The molecule has 1 rings (SSSR count). The van der Waals surface area contributed by atoms with Crippen LogP contribution in [0.2, 0.25) is 0 Å². The zero-order valence-corrected chi connectivity index (χ0v) is 10.2. The number of carboxylic acid groups (broad SMARTS) is 1. The van der Waals surface area contributed by atoms with Crippen LogP contribution in [0.4, 0.5) is 0 Å². The van der Waals surface area contributed by atoms with E-state index in [4.69, 9.17) is 5.11 Å². The lowest BCUT2D eigenvalue weighted by Crippen LogP contribution is -2.26. The number of aryl methyl sites for hydroxylation is 2. The molecule has 1 aromatic heterocycles. The molecule has 0 fully saturated rings. The summed E-state index contributed by atoms with van der Waals surface area (Å²) in [6, 6.07) is 0.0106. The van der Waals surface area contributed by atoms with Crippen LogP contribution in [0.25, 0.3) is 0 Å². The van der Waals surface area contributed by atoms with Crippen molar-refractivity contribution in [2.75, 3.05) is 6.54 Å². The summed E-state index contributed by atoms with van der Waals surface area (Å²) >= 11 is 0. The highest BCUT2D eigenvalue weighted by molar-refractivity contribution is 5.69. The monoisotopic (exact) mass is 225 g/mol. The van der Waals surface area contributed by atoms with E-state index in [9.17, 15) is 4.79 Å². The van der Waals surface area contributed by atoms with Gasteiger partial charge < -0.3 is 10.4 Å². The molecule has 1 aromatic rings. The van der Waals surface area contributed by atoms with Crippen LogP contribution in [0.3, 0.4) is 0 Å². The molecular weight excluding hydrogens is 206 g/mol. The largest absolute Gasteiger partial charge is 0.480 e. The van der Waals surface area contributed by atoms with Gasteiger partial charge in [0.15, 0.2) is 0 Å². The minimum Gasteiger partial charge on any atom is -0.480 e. The Morgan fingerprint density at radius 2 is 2.19 bits per heavy atom. The normalized spacial score (nSPS) is 12.8. The molecule has 0 saturated carbocycles. The van der Waals surface area contributed by atoms with Crippen LogP contribution >= 0.6 is 0 Å². The zero-order valence-electron chi connectivity index (χ0n) is 10.2. The van der Waals surface area contributed by atoms with Crippen molar-refractivity contribution in [3.63, 3.8) is 0 Å². The molecule has 5 heteroatoms.